The number of guanidine groups is 1. The van der Waals surface area contributed by atoms with Gasteiger partial charge in [0.2, 0.25) is 5.91 Å². The predicted octanol–water partition coefficient (Wildman–Crippen LogP) is 1.42. The lowest BCUT2D eigenvalue weighted by Crippen LogP contribution is -2.45. The number of anilines is 1. The van der Waals surface area contributed by atoms with Crippen LogP contribution >= 0.6 is 0 Å². The van der Waals surface area contributed by atoms with Gasteiger partial charge in [0.15, 0.2) is 5.96 Å². The zero-order valence-corrected chi connectivity index (χ0v) is 12.5. The highest BCUT2D eigenvalue weighted by molar-refractivity contribution is 5.90. The summed E-state index contributed by atoms with van der Waals surface area (Å²) < 4.78 is 0. The first-order valence-corrected chi connectivity index (χ1v) is 6.58. The summed E-state index contributed by atoms with van der Waals surface area (Å²) in [7, 11) is 0. The van der Waals surface area contributed by atoms with Crippen molar-refractivity contribution in [2.45, 2.75) is 39.7 Å². The molecule has 0 bridgehead atoms. The Bertz CT molecular complexity index is 491. The third-order valence-corrected chi connectivity index (χ3v) is 2.28. The van der Waals surface area contributed by atoms with Gasteiger partial charge in [0.05, 0.1) is 6.54 Å². The fourth-order valence-corrected chi connectivity index (χ4v) is 1.52. The smallest absolute Gasteiger partial charge is 0.227 e. The highest BCUT2D eigenvalue weighted by Crippen LogP contribution is 2.04. The number of nitrogens with one attached hydrogen (secondary N) is 2. The predicted molar refractivity (Wildman–Crippen MR) is 81.6 cm³/mol. The minimum absolute atomic E-state index is 0.129. The molecule has 0 aliphatic heterocycles. The molecule has 1 amide bonds. The first kappa shape index (κ1) is 15.9. The van der Waals surface area contributed by atoms with Crippen LogP contribution in [0.5, 0.6) is 0 Å². The zero-order valence-electron chi connectivity index (χ0n) is 12.5. The molecule has 0 saturated heterocycles. The Hall–Kier alpha value is -2.11. The number of hydrogen-bond acceptors (Lipinski definition) is 3. The van der Waals surface area contributed by atoms with Crippen molar-refractivity contribution >= 4 is 17.7 Å². The molecule has 6 nitrogen and oxygen atoms in total. The number of nitrogens with zero attached hydrogens (tertiary/aromatic N) is 2. The Labute approximate surface area is 119 Å². The summed E-state index contributed by atoms with van der Waals surface area (Å²) in [6, 6.07) is 5.48. The van der Waals surface area contributed by atoms with E-state index in [1.54, 1.807) is 6.07 Å². The topological polar surface area (TPSA) is 92.4 Å². The van der Waals surface area contributed by atoms with Crippen molar-refractivity contribution in [3.63, 3.8) is 0 Å². The molecule has 0 spiro atoms. The van der Waals surface area contributed by atoms with Crippen LogP contribution in [0.1, 0.15) is 32.9 Å². The molecule has 6 heteroatoms. The molecular formula is C14H23N5O. The summed E-state index contributed by atoms with van der Waals surface area (Å²) in [4.78, 5) is 20.0. The van der Waals surface area contributed by atoms with Crippen molar-refractivity contribution in [3.05, 3.63) is 23.9 Å². The van der Waals surface area contributed by atoms with Gasteiger partial charge in [-0.1, -0.05) is 6.07 Å². The Morgan fingerprint density at radius 1 is 1.40 bits per heavy atom. The minimum atomic E-state index is -0.138. The van der Waals surface area contributed by atoms with E-state index in [0.717, 1.165) is 5.69 Å². The normalized spacial score (nSPS) is 12.1. The van der Waals surface area contributed by atoms with E-state index in [2.05, 4.69) is 20.6 Å². The van der Waals surface area contributed by atoms with Crippen LogP contribution in [0.25, 0.3) is 0 Å². The summed E-state index contributed by atoms with van der Waals surface area (Å²) in [5.41, 5.74) is 6.44. The summed E-state index contributed by atoms with van der Waals surface area (Å²) in [5.74, 6) is 0.772. The Balaban J connectivity index is 2.39. The van der Waals surface area contributed by atoms with Crippen molar-refractivity contribution in [2.24, 2.45) is 10.7 Å². The van der Waals surface area contributed by atoms with Crippen molar-refractivity contribution in [1.82, 2.24) is 10.3 Å². The van der Waals surface area contributed by atoms with E-state index >= 15 is 0 Å². The number of aryl methyl sites for hydroxylation is 1. The molecule has 20 heavy (non-hydrogen) atoms. The number of aromatic nitrogens is 1. The quantitative estimate of drug-likeness (QED) is 0.573. The zero-order chi connectivity index (χ0) is 15.2. The fraction of sp³-hybridized carbons (Fsp3) is 0.500. The monoisotopic (exact) mass is 277 g/mol. The molecule has 0 aliphatic carbocycles. The van der Waals surface area contributed by atoms with Crippen LogP contribution in [0.3, 0.4) is 0 Å². The molecule has 1 rings (SSSR count). The summed E-state index contributed by atoms with van der Waals surface area (Å²) in [6.45, 7) is 8.19. The molecule has 1 aromatic heterocycles. The molecule has 0 radical (unpaired) electrons. The molecule has 0 aromatic carbocycles. The number of nitrogens with two attached hydrogens (primary N) is 1. The Morgan fingerprint density at radius 3 is 2.70 bits per heavy atom. The maximum atomic E-state index is 11.7. The SMILES string of the molecule is Cc1cccc(NC(=O)CCN=C(N)NC(C)(C)C)n1. The van der Waals surface area contributed by atoms with Crippen molar-refractivity contribution in [2.75, 3.05) is 11.9 Å². The summed E-state index contributed by atoms with van der Waals surface area (Å²) in [6.07, 6.45) is 0.266. The highest BCUT2D eigenvalue weighted by atomic mass is 16.1. The first-order valence-electron chi connectivity index (χ1n) is 6.58. The van der Waals surface area contributed by atoms with Crippen LogP contribution in [0, 0.1) is 6.92 Å². The van der Waals surface area contributed by atoms with Crippen molar-refractivity contribution in [3.8, 4) is 0 Å². The van der Waals surface area contributed by atoms with Crippen LogP contribution in [0.2, 0.25) is 0 Å². The van der Waals surface area contributed by atoms with E-state index < -0.39 is 0 Å². The standard InChI is InChI=1S/C14H23N5O/c1-10-6-5-7-11(17-10)18-12(20)8-9-16-13(15)19-14(2,3)4/h5-7H,8-9H2,1-4H3,(H3,15,16,19)(H,17,18,20). The van der Waals surface area contributed by atoms with Gasteiger partial charge in [-0.25, -0.2) is 4.98 Å². The van der Waals surface area contributed by atoms with Crippen molar-refractivity contribution < 1.29 is 4.79 Å². The van der Waals surface area contributed by atoms with Gasteiger partial charge in [-0.05, 0) is 39.8 Å². The van der Waals surface area contributed by atoms with Crippen LogP contribution in [-0.4, -0.2) is 28.9 Å². The van der Waals surface area contributed by atoms with E-state index in [9.17, 15) is 4.79 Å². The lowest BCUT2D eigenvalue weighted by Gasteiger charge is -2.20. The average Bonchev–Trinajstić information content (AvgIpc) is 2.26. The molecule has 0 aliphatic rings. The van der Waals surface area contributed by atoms with Crippen LogP contribution in [0.15, 0.2) is 23.2 Å². The molecule has 0 saturated carbocycles. The van der Waals surface area contributed by atoms with Gasteiger partial charge >= 0.3 is 0 Å². The van der Waals surface area contributed by atoms with E-state index in [0.29, 0.717) is 18.3 Å². The molecule has 1 aromatic rings. The number of aliphatic imine (C=N–C) groups is 1. The lowest BCUT2D eigenvalue weighted by molar-refractivity contribution is -0.116. The number of rotatable bonds is 4. The van der Waals surface area contributed by atoms with Gasteiger partial charge in [0.25, 0.3) is 0 Å². The molecular weight excluding hydrogens is 254 g/mol. The third kappa shape index (κ3) is 6.72. The van der Waals surface area contributed by atoms with E-state index in [-0.39, 0.29) is 17.9 Å². The van der Waals surface area contributed by atoms with E-state index in [1.165, 1.54) is 0 Å². The van der Waals surface area contributed by atoms with E-state index in [4.69, 9.17) is 5.73 Å². The van der Waals surface area contributed by atoms with Gasteiger partial charge in [-0.15, -0.1) is 0 Å². The number of pyridine rings is 1. The van der Waals surface area contributed by atoms with Crippen molar-refractivity contribution in [1.29, 1.82) is 0 Å². The molecule has 1 heterocycles. The van der Waals surface area contributed by atoms with E-state index in [1.807, 2.05) is 39.8 Å². The second-order valence-corrected chi connectivity index (χ2v) is 5.60. The largest absolute Gasteiger partial charge is 0.370 e. The number of hydrogen-bond donors (Lipinski definition) is 3. The molecule has 0 atom stereocenters. The first-order chi connectivity index (χ1) is 9.26. The maximum absolute atomic E-state index is 11.7. The average molecular weight is 277 g/mol. The van der Waals surface area contributed by atoms with Gasteiger partial charge in [-0.2, -0.15) is 0 Å². The second-order valence-electron chi connectivity index (χ2n) is 5.60. The minimum Gasteiger partial charge on any atom is -0.370 e. The maximum Gasteiger partial charge on any atom is 0.227 e. The number of carbonyl (C=O) groups is 1. The molecule has 4 N–H and O–H groups in total. The number of carbonyl (C=O) groups excluding carboxylic acids is 1. The Kier molecular flexibility index (Phi) is 5.49. The second kappa shape index (κ2) is 6.88. The molecule has 0 fully saturated rings. The van der Waals surface area contributed by atoms with Gasteiger partial charge < -0.3 is 16.4 Å². The Morgan fingerprint density at radius 2 is 2.10 bits per heavy atom. The van der Waals surface area contributed by atoms with Gasteiger partial charge in [0, 0.05) is 17.7 Å². The molecule has 110 valence electrons. The van der Waals surface area contributed by atoms with Crippen LogP contribution in [0.4, 0.5) is 5.82 Å². The summed E-state index contributed by atoms with van der Waals surface area (Å²) in [5, 5.41) is 5.76. The number of amides is 1. The van der Waals surface area contributed by atoms with Crippen LogP contribution in [-0.2, 0) is 4.79 Å². The fourth-order valence-electron chi connectivity index (χ4n) is 1.52. The van der Waals surface area contributed by atoms with Gasteiger partial charge in [0.1, 0.15) is 5.82 Å². The molecule has 0 unspecified atom stereocenters. The van der Waals surface area contributed by atoms with Crippen LogP contribution < -0.4 is 16.4 Å². The highest BCUT2D eigenvalue weighted by Gasteiger charge is 2.09. The third-order valence-electron chi connectivity index (χ3n) is 2.28. The lowest BCUT2D eigenvalue weighted by atomic mass is 10.1. The summed E-state index contributed by atoms with van der Waals surface area (Å²) >= 11 is 0. The van der Waals surface area contributed by atoms with Gasteiger partial charge in [-0.3, -0.25) is 9.79 Å².